The maximum atomic E-state index is 13.2. The van der Waals surface area contributed by atoms with Crippen molar-refractivity contribution in [3.63, 3.8) is 0 Å². The number of benzene rings is 2. The zero-order valence-corrected chi connectivity index (χ0v) is 20.0. The summed E-state index contributed by atoms with van der Waals surface area (Å²) in [5, 5.41) is 14.7. The molecule has 0 bridgehead atoms. The molecule has 1 amide bonds. The topological polar surface area (TPSA) is 133 Å². The third-order valence-corrected chi connectivity index (χ3v) is 5.76. The number of nitrogens with one attached hydrogen (secondary N) is 2. The summed E-state index contributed by atoms with van der Waals surface area (Å²) in [6.07, 6.45) is 1.02. The van der Waals surface area contributed by atoms with E-state index in [0.717, 1.165) is 11.8 Å². The van der Waals surface area contributed by atoms with Gasteiger partial charge in [0.1, 0.15) is 11.2 Å². The number of hydrogen-bond donors (Lipinski definition) is 2. The van der Waals surface area contributed by atoms with Gasteiger partial charge in [0.2, 0.25) is 10.0 Å². The number of aryl methyl sites for hydroxylation is 1. The second kappa shape index (κ2) is 8.39. The highest BCUT2D eigenvalue weighted by Crippen LogP contribution is 2.39. The van der Waals surface area contributed by atoms with Crippen LogP contribution in [0, 0.1) is 10.1 Å². The van der Waals surface area contributed by atoms with Crippen LogP contribution in [0.1, 0.15) is 36.8 Å². The predicted molar refractivity (Wildman–Crippen MR) is 128 cm³/mol. The third kappa shape index (κ3) is 4.92. The van der Waals surface area contributed by atoms with E-state index >= 15 is 0 Å². The minimum absolute atomic E-state index is 0.110. The van der Waals surface area contributed by atoms with Gasteiger partial charge in [0.25, 0.3) is 11.6 Å². The minimum atomic E-state index is -3.62. The maximum Gasteiger partial charge on any atom is 0.293 e. The molecular formula is C22H26N4O6S. The van der Waals surface area contributed by atoms with Crippen LogP contribution in [-0.2, 0) is 22.5 Å². The molecule has 3 rings (SSSR count). The molecule has 0 aliphatic heterocycles. The molecule has 176 valence electrons. The molecule has 0 radical (unpaired) electrons. The summed E-state index contributed by atoms with van der Waals surface area (Å²) in [4.78, 5) is 24.1. The number of carbonyl (C=O) groups is 1. The average Bonchev–Trinajstić information content (AvgIpc) is 3.02. The van der Waals surface area contributed by atoms with Gasteiger partial charge >= 0.3 is 0 Å². The van der Waals surface area contributed by atoms with Crippen LogP contribution in [0.4, 0.5) is 17.1 Å². The van der Waals surface area contributed by atoms with Crippen molar-refractivity contribution < 1.29 is 22.9 Å². The van der Waals surface area contributed by atoms with Crippen molar-refractivity contribution in [1.82, 2.24) is 4.57 Å². The number of carbonyl (C=O) groups excluding carboxylic acids is 1. The minimum Gasteiger partial charge on any atom is -0.492 e. The number of nitro benzene ring substituents is 1. The number of rotatable bonds is 6. The zero-order chi connectivity index (χ0) is 24.7. The Kier molecular flexibility index (Phi) is 6.12. The van der Waals surface area contributed by atoms with Crippen molar-refractivity contribution in [1.29, 1.82) is 0 Å². The summed E-state index contributed by atoms with van der Waals surface area (Å²) < 4.78 is 33.1. The van der Waals surface area contributed by atoms with Crippen LogP contribution < -0.4 is 14.8 Å². The number of aromatic nitrogens is 1. The highest BCUT2D eigenvalue weighted by Gasteiger charge is 2.24. The molecule has 0 unspecified atom stereocenters. The second-order valence-corrected chi connectivity index (χ2v) is 10.5. The van der Waals surface area contributed by atoms with Crippen LogP contribution in [0.3, 0.4) is 0 Å². The summed E-state index contributed by atoms with van der Waals surface area (Å²) >= 11 is 0. The highest BCUT2D eigenvalue weighted by atomic mass is 32.2. The first kappa shape index (κ1) is 24.1. The zero-order valence-electron chi connectivity index (χ0n) is 19.2. The van der Waals surface area contributed by atoms with Crippen molar-refractivity contribution in [3.05, 3.63) is 57.8 Å². The molecule has 1 aromatic heterocycles. The molecule has 0 atom stereocenters. The molecule has 11 heteroatoms. The summed E-state index contributed by atoms with van der Waals surface area (Å²) in [7, 11) is -0.674. The normalized spacial score (nSPS) is 11.9. The van der Waals surface area contributed by atoms with E-state index in [1.54, 1.807) is 37.4 Å². The van der Waals surface area contributed by atoms with E-state index < -0.39 is 20.9 Å². The number of para-hydroxylation sites is 1. The molecule has 0 saturated heterocycles. The quantitative estimate of drug-likeness (QED) is 0.410. The van der Waals surface area contributed by atoms with Gasteiger partial charge in [0.15, 0.2) is 5.75 Å². The van der Waals surface area contributed by atoms with Gasteiger partial charge in [0.05, 0.1) is 29.7 Å². The Labute approximate surface area is 191 Å². The molecule has 0 fully saturated rings. The second-order valence-electron chi connectivity index (χ2n) is 8.74. The standard InChI is InChI=1S/C22H26N4O6S/c1-22(2,3)14-11-15(20(32-5)16(12-14)24-33(6,30)31)23-21(27)18-10-13-8-7-9-17(26(28)29)19(13)25(18)4/h7-12,24H,1-6H3,(H,23,27). The van der Waals surface area contributed by atoms with Gasteiger partial charge in [0, 0.05) is 18.5 Å². The van der Waals surface area contributed by atoms with Gasteiger partial charge in [-0.1, -0.05) is 32.9 Å². The molecule has 2 aromatic carbocycles. The number of non-ortho nitro benzene ring substituents is 1. The molecule has 10 nitrogen and oxygen atoms in total. The number of methoxy groups -OCH3 is 1. The Morgan fingerprint density at radius 3 is 2.33 bits per heavy atom. The summed E-state index contributed by atoms with van der Waals surface area (Å²) in [6, 6.07) is 9.57. The van der Waals surface area contributed by atoms with Crippen molar-refractivity contribution in [3.8, 4) is 5.75 Å². The van der Waals surface area contributed by atoms with E-state index in [4.69, 9.17) is 4.74 Å². The first-order valence-corrected chi connectivity index (χ1v) is 11.9. The number of hydrogen-bond acceptors (Lipinski definition) is 6. The predicted octanol–water partition coefficient (Wildman–Crippen LogP) is 4.02. The summed E-state index contributed by atoms with van der Waals surface area (Å²) in [5.41, 5.74) is 1.26. The van der Waals surface area contributed by atoms with Gasteiger partial charge in [-0.25, -0.2) is 8.42 Å². The molecule has 33 heavy (non-hydrogen) atoms. The van der Waals surface area contributed by atoms with Gasteiger partial charge in [-0.3, -0.25) is 19.6 Å². The molecule has 0 saturated carbocycles. The molecule has 0 aliphatic rings. The average molecular weight is 475 g/mol. The van der Waals surface area contributed by atoms with Crippen LogP contribution >= 0.6 is 0 Å². The Hall–Kier alpha value is -3.60. The number of ether oxygens (including phenoxy) is 1. The molecule has 0 aliphatic carbocycles. The monoisotopic (exact) mass is 474 g/mol. The first-order valence-electron chi connectivity index (χ1n) is 9.97. The van der Waals surface area contributed by atoms with Gasteiger partial charge in [-0.2, -0.15) is 0 Å². The van der Waals surface area contributed by atoms with Crippen LogP contribution in [0.15, 0.2) is 36.4 Å². The molecule has 1 heterocycles. The lowest BCUT2D eigenvalue weighted by atomic mass is 9.86. The number of fused-ring (bicyclic) bond motifs is 1. The molecule has 3 aromatic rings. The van der Waals surface area contributed by atoms with E-state index in [1.807, 2.05) is 20.8 Å². The Morgan fingerprint density at radius 1 is 1.15 bits per heavy atom. The van der Waals surface area contributed by atoms with Crippen molar-refractivity contribution in [2.45, 2.75) is 26.2 Å². The van der Waals surface area contributed by atoms with Crippen molar-refractivity contribution in [2.75, 3.05) is 23.4 Å². The number of nitro groups is 1. The molecule has 2 N–H and O–H groups in total. The van der Waals surface area contributed by atoms with Gasteiger partial charge in [-0.05, 0) is 29.2 Å². The fourth-order valence-corrected chi connectivity index (χ4v) is 4.15. The van der Waals surface area contributed by atoms with Gasteiger partial charge < -0.3 is 14.6 Å². The highest BCUT2D eigenvalue weighted by molar-refractivity contribution is 7.92. The van der Waals surface area contributed by atoms with E-state index in [-0.39, 0.29) is 33.9 Å². The fraction of sp³-hybridized carbons (Fsp3) is 0.318. The number of sulfonamides is 1. The lowest BCUT2D eigenvalue weighted by Gasteiger charge is -2.24. The van der Waals surface area contributed by atoms with Crippen LogP contribution in [0.5, 0.6) is 5.75 Å². The summed E-state index contributed by atoms with van der Waals surface area (Å²) in [6.45, 7) is 5.86. The number of amides is 1. The molecule has 0 spiro atoms. The first-order chi connectivity index (χ1) is 15.2. The summed E-state index contributed by atoms with van der Waals surface area (Å²) in [5.74, 6) is -0.385. The third-order valence-electron chi connectivity index (χ3n) is 5.17. The van der Waals surface area contributed by atoms with Crippen molar-refractivity contribution in [2.24, 2.45) is 7.05 Å². The maximum absolute atomic E-state index is 13.2. The lowest BCUT2D eigenvalue weighted by molar-refractivity contribution is -0.383. The Balaban J connectivity index is 2.13. The largest absolute Gasteiger partial charge is 0.492 e. The number of nitrogens with zero attached hydrogens (tertiary/aromatic N) is 2. The van der Waals surface area contributed by atoms with E-state index in [9.17, 15) is 23.3 Å². The van der Waals surface area contributed by atoms with Crippen LogP contribution in [0.25, 0.3) is 10.9 Å². The van der Waals surface area contributed by atoms with E-state index in [1.165, 1.54) is 17.7 Å². The van der Waals surface area contributed by atoms with Crippen LogP contribution in [-0.4, -0.2) is 37.2 Å². The molecular weight excluding hydrogens is 448 g/mol. The number of anilines is 2. The van der Waals surface area contributed by atoms with E-state index in [0.29, 0.717) is 10.9 Å². The fourth-order valence-electron chi connectivity index (χ4n) is 3.60. The van der Waals surface area contributed by atoms with E-state index in [2.05, 4.69) is 10.0 Å². The smallest absolute Gasteiger partial charge is 0.293 e. The lowest BCUT2D eigenvalue weighted by Crippen LogP contribution is -2.19. The SMILES string of the molecule is COc1c(NC(=O)c2cc3cccc([N+](=O)[O-])c3n2C)cc(C(C)(C)C)cc1NS(C)(=O)=O. The Morgan fingerprint density at radius 2 is 1.79 bits per heavy atom. The van der Waals surface area contributed by atoms with Crippen molar-refractivity contribution >= 4 is 43.9 Å². The Bertz CT molecular complexity index is 1370. The van der Waals surface area contributed by atoms with Gasteiger partial charge in [-0.15, -0.1) is 0 Å². The van der Waals surface area contributed by atoms with Crippen LogP contribution in [0.2, 0.25) is 0 Å².